The third-order valence-electron chi connectivity index (χ3n) is 4.81. The molecule has 1 aromatic heterocycles. The summed E-state index contributed by atoms with van der Waals surface area (Å²) >= 11 is 0. The maximum Gasteiger partial charge on any atom is 0.373 e. The lowest BCUT2D eigenvalue weighted by atomic mass is 10.1. The van der Waals surface area contributed by atoms with Crippen LogP contribution in [0.15, 0.2) is 40.4 Å². The van der Waals surface area contributed by atoms with Crippen molar-refractivity contribution >= 4 is 24.0 Å². The monoisotopic (exact) mass is 442 g/mol. The number of furan rings is 1. The lowest BCUT2D eigenvalue weighted by Crippen LogP contribution is -2.30. The van der Waals surface area contributed by atoms with Gasteiger partial charge < -0.3 is 23.9 Å². The zero-order valence-electron chi connectivity index (χ0n) is 18.5. The van der Waals surface area contributed by atoms with Gasteiger partial charge in [0.05, 0.1) is 26.4 Å². The van der Waals surface area contributed by atoms with Gasteiger partial charge in [-0.1, -0.05) is 13.0 Å². The number of ether oxygens (including phenoxy) is 3. The largest absolute Gasteiger partial charge is 0.490 e. The van der Waals surface area contributed by atoms with Crippen LogP contribution in [0.5, 0.6) is 11.5 Å². The number of rotatable bonds is 9. The van der Waals surface area contributed by atoms with Gasteiger partial charge >= 0.3 is 12.0 Å². The highest BCUT2D eigenvalue weighted by atomic mass is 16.5. The molecule has 3 amide bonds. The highest BCUT2D eigenvalue weighted by molar-refractivity contribution is 6.13. The van der Waals surface area contributed by atoms with Crippen LogP contribution in [0.3, 0.4) is 0 Å². The molecule has 0 saturated carbocycles. The molecule has 0 aliphatic carbocycles. The Labute approximate surface area is 185 Å². The molecule has 9 nitrogen and oxygen atoms in total. The first-order valence-corrected chi connectivity index (χ1v) is 10.3. The van der Waals surface area contributed by atoms with E-state index in [4.69, 9.17) is 13.9 Å². The van der Waals surface area contributed by atoms with Crippen molar-refractivity contribution in [3.8, 4) is 11.5 Å². The van der Waals surface area contributed by atoms with Crippen molar-refractivity contribution in [2.75, 3.05) is 13.7 Å². The number of urea groups is 1. The second kappa shape index (κ2) is 10.0. The van der Waals surface area contributed by atoms with Crippen LogP contribution in [-0.4, -0.2) is 42.6 Å². The van der Waals surface area contributed by atoms with E-state index < -0.39 is 17.9 Å². The van der Waals surface area contributed by atoms with Crippen LogP contribution in [0, 0.1) is 0 Å². The summed E-state index contributed by atoms with van der Waals surface area (Å²) in [5, 5.41) is 2.56. The zero-order chi connectivity index (χ0) is 23.3. The van der Waals surface area contributed by atoms with E-state index in [9.17, 15) is 14.4 Å². The Morgan fingerprint density at radius 1 is 1.19 bits per heavy atom. The number of benzene rings is 1. The Kier molecular flexibility index (Phi) is 7.19. The summed E-state index contributed by atoms with van der Waals surface area (Å²) in [6.07, 6.45) is 2.45. The minimum Gasteiger partial charge on any atom is -0.490 e. The third-order valence-corrected chi connectivity index (χ3v) is 4.81. The van der Waals surface area contributed by atoms with E-state index in [2.05, 4.69) is 10.1 Å². The van der Waals surface area contributed by atoms with E-state index in [1.807, 2.05) is 20.8 Å². The maximum atomic E-state index is 12.8. The Morgan fingerprint density at radius 3 is 2.66 bits per heavy atom. The predicted molar refractivity (Wildman–Crippen MR) is 115 cm³/mol. The van der Waals surface area contributed by atoms with Gasteiger partial charge in [0.1, 0.15) is 11.5 Å². The molecule has 1 saturated heterocycles. The molecule has 32 heavy (non-hydrogen) atoms. The first-order chi connectivity index (χ1) is 15.4. The molecule has 1 fully saturated rings. The van der Waals surface area contributed by atoms with Crippen molar-refractivity contribution < 1.29 is 33.0 Å². The molecule has 2 heterocycles. The topological polar surface area (TPSA) is 107 Å². The summed E-state index contributed by atoms with van der Waals surface area (Å²) in [7, 11) is 1.24. The van der Waals surface area contributed by atoms with Crippen LogP contribution < -0.4 is 14.8 Å². The molecule has 3 rings (SSSR count). The van der Waals surface area contributed by atoms with Gasteiger partial charge in [0.15, 0.2) is 11.5 Å². The van der Waals surface area contributed by atoms with E-state index in [1.54, 1.807) is 24.3 Å². The molecule has 2 aromatic rings. The fourth-order valence-electron chi connectivity index (χ4n) is 2.99. The van der Waals surface area contributed by atoms with Crippen molar-refractivity contribution in [2.24, 2.45) is 0 Å². The van der Waals surface area contributed by atoms with E-state index in [0.717, 1.165) is 11.3 Å². The Morgan fingerprint density at radius 2 is 1.97 bits per heavy atom. The minimum absolute atomic E-state index is 0.00604. The highest BCUT2D eigenvalue weighted by Gasteiger charge is 2.34. The summed E-state index contributed by atoms with van der Waals surface area (Å²) in [5.41, 5.74) is 0.786. The number of nitrogens with zero attached hydrogens (tertiary/aromatic N) is 1. The van der Waals surface area contributed by atoms with Crippen molar-refractivity contribution in [1.82, 2.24) is 10.2 Å². The number of hydrogen-bond acceptors (Lipinski definition) is 7. The molecule has 170 valence electrons. The molecular weight excluding hydrogens is 416 g/mol. The first-order valence-electron chi connectivity index (χ1n) is 10.3. The average molecular weight is 442 g/mol. The summed E-state index contributed by atoms with van der Waals surface area (Å²) in [5.74, 6) is 0.297. The summed E-state index contributed by atoms with van der Waals surface area (Å²) in [6.45, 7) is 6.21. The Balaban J connectivity index is 1.78. The average Bonchev–Trinajstić information content (AvgIpc) is 3.35. The number of methoxy groups -OCH3 is 1. The summed E-state index contributed by atoms with van der Waals surface area (Å²) in [6, 6.07) is 7.67. The second-order valence-corrected chi connectivity index (χ2v) is 7.11. The lowest BCUT2D eigenvalue weighted by molar-refractivity contribution is -0.123. The Bertz CT molecular complexity index is 1040. The number of esters is 1. The van der Waals surface area contributed by atoms with E-state index in [0.29, 0.717) is 23.7 Å². The van der Waals surface area contributed by atoms with E-state index in [1.165, 1.54) is 19.2 Å². The van der Waals surface area contributed by atoms with Crippen LogP contribution in [0.1, 0.15) is 49.1 Å². The van der Waals surface area contributed by atoms with Crippen LogP contribution in [-0.2, 0) is 16.1 Å². The molecule has 0 radical (unpaired) electrons. The van der Waals surface area contributed by atoms with Gasteiger partial charge in [0.2, 0.25) is 5.76 Å². The van der Waals surface area contributed by atoms with Crippen molar-refractivity contribution in [2.45, 2.75) is 39.8 Å². The van der Waals surface area contributed by atoms with Gasteiger partial charge in [0.25, 0.3) is 5.91 Å². The van der Waals surface area contributed by atoms with Gasteiger partial charge in [-0.05, 0) is 56.2 Å². The van der Waals surface area contributed by atoms with Gasteiger partial charge in [-0.2, -0.15) is 0 Å². The molecule has 1 aliphatic rings. The number of amides is 3. The fraction of sp³-hybridized carbons (Fsp3) is 0.348. The number of imide groups is 1. The highest BCUT2D eigenvalue weighted by Crippen LogP contribution is 2.31. The van der Waals surface area contributed by atoms with Crippen LogP contribution >= 0.6 is 0 Å². The predicted octanol–water partition coefficient (Wildman–Crippen LogP) is 3.74. The van der Waals surface area contributed by atoms with Gasteiger partial charge in [-0.25, -0.2) is 9.59 Å². The van der Waals surface area contributed by atoms with Crippen LogP contribution in [0.25, 0.3) is 6.08 Å². The molecule has 0 bridgehead atoms. The molecule has 1 N–H and O–H groups in total. The third kappa shape index (κ3) is 5.11. The number of hydrogen-bond donors (Lipinski definition) is 1. The molecule has 0 spiro atoms. The number of carbonyl (C=O) groups is 3. The lowest BCUT2D eigenvalue weighted by Gasteiger charge is -2.16. The van der Waals surface area contributed by atoms with Gasteiger partial charge in [-0.3, -0.25) is 9.69 Å². The normalized spacial score (nSPS) is 15.6. The smallest absolute Gasteiger partial charge is 0.373 e. The second-order valence-electron chi connectivity index (χ2n) is 7.11. The van der Waals surface area contributed by atoms with E-state index >= 15 is 0 Å². The molecule has 9 heteroatoms. The van der Waals surface area contributed by atoms with Crippen molar-refractivity contribution in [3.05, 3.63) is 53.1 Å². The Hall–Kier alpha value is -3.75. The summed E-state index contributed by atoms with van der Waals surface area (Å²) < 4.78 is 21.5. The molecule has 1 aromatic carbocycles. The molecule has 0 unspecified atom stereocenters. The maximum absolute atomic E-state index is 12.8. The van der Waals surface area contributed by atoms with Crippen LogP contribution in [0.4, 0.5) is 4.79 Å². The van der Waals surface area contributed by atoms with Gasteiger partial charge in [-0.15, -0.1) is 0 Å². The van der Waals surface area contributed by atoms with E-state index in [-0.39, 0.29) is 29.9 Å². The molecule has 1 atom stereocenters. The molecule has 1 aliphatic heterocycles. The minimum atomic E-state index is -0.639. The number of nitrogens with one attached hydrogen (secondary N) is 1. The summed E-state index contributed by atoms with van der Waals surface area (Å²) in [4.78, 5) is 37.6. The quantitative estimate of drug-likeness (QED) is 0.358. The SMILES string of the molecule is CCOc1cc(/C=C2\NC(=O)N(Cc3ccc(C(=O)OC)o3)C2=O)ccc1O[C@H](C)CC. The zero-order valence-corrected chi connectivity index (χ0v) is 18.5. The molecular formula is C23H26N2O7. The number of carbonyl (C=O) groups excluding carboxylic acids is 3. The first kappa shape index (κ1) is 22.9. The fourth-order valence-corrected chi connectivity index (χ4v) is 2.99. The van der Waals surface area contributed by atoms with Crippen molar-refractivity contribution in [3.63, 3.8) is 0 Å². The van der Waals surface area contributed by atoms with Crippen molar-refractivity contribution in [1.29, 1.82) is 0 Å². The van der Waals surface area contributed by atoms with Gasteiger partial charge in [0, 0.05) is 0 Å². The van der Waals surface area contributed by atoms with Crippen LogP contribution in [0.2, 0.25) is 0 Å². The standard InChI is InChI=1S/C23H26N2O7/c1-5-14(3)31-18-9-7-15(12-20(18)30-6-2)11-17-21(26)25(23(28)24-17)13-16-8-10-19(32-16)22(27)29-4/h7-12,14H,5-6,13H2,1-4H3,(H,24,28)/b17-11-/t14-/m1/s1.